The Hall–Kier alpha value is -2.63. The van der Waals surface area contributed by atoms with Crippen LogP contribution in [-0.2, 0) is 13.1 Å². The number of aryl methyl sites for hydroxylation is 2. The van der Waals surface area contributed by atoms with Gasteiger partial charge in [-0.1, -0.05) is 0 Å². The minimum Gasteiger partial charge on any atom is -0.478 e. The Morgan fingerprint density at radius 3 is 2.86 bits per heavy atom. The first-order valence-corrected chi connectivity index (χ1v) is 6.80. The van der Waals surface area contributed by atoms with Gasteiger partial charge in [-0.15, -0.1) is 0 Å². The molecule has 2 aromatic heterocycles. The van der Waals surface area contributed by atoms with Crippen LogP contribution in [0.3, 0.4) is 0 Å². The van der Waals surface area contributed by atoms with Crippen molar-refractivity contribution in [3.63, 3.8) is 0 Å². The number of carboxylic acids is 1. The summed E-state index contributed by atoms with van der Waals surface area (Å²) in [5, 5.41) is 13.5. The van der Waals surface area contributed by atoms with Gasteiger partial charge in [0.25, 0.3) is 0 Å². The highest BCUT2D eigenvalue weighted by molar-refractivity contribution is 5.92. The standard InChI is InChI=1S/C15H16N4O2/c1-3-19-12(6-10(2)17-19)8-18-9-16-13-5-4-11(15(20)21)7-14(13)18/h4-7,9H,3,8H2,1-2H3,(H,20,21). The summed E-state index contributed by atoms with van der Waals surface area (Å²) in [6, 6.07) is 7.00. The average molecular weight is 284 g/mol. The Labute approximate surface area is 121 Å². The number of aromatic nitrogens is 4. The highest BCUT2D eigenvalue weighted by Gasteiger charge is 2.10. The summed E-state index contributed by atoms with van der Waals surface area (Å²) in [5.41, 5.74) is 3.93. The van der Waals surface area contributed by atoms with Crippen LogP contribution in [0.1, 0.15) is 28.7 Å². The maximum Gasteiger partial charge on any atom is 0.335 e. The zero-order chi connectivity index (χ0) is 15.0. The molecule has 0 bridgehead atoms. The summed E-state index contributed by atoms with van der Waals surface area (Å²) >= 11 is 0. The molecule has 0 fully saturated rings. The van der Waals surface area contributed by atoms with Crippen molar-refractivity contribution in [2.45, 2.75) is 26.9 Å². The molecule has 0 spiro atoms. The lowest BCUT2D eigenvalue weighted by atomic mass is 10.2. The first-order valence-electron chi connectivity index (χ1n) is 6.80. The van der Waals surface area contributed by atoms with Gasteiger partial charge in [-0.25, -0.2) is 9.78 Å². The summed E-state index contributed by atoms with van der Waals surface area (Å²) < 4.78 is 3.90. The molecule has 0 aliphatic carbocycles. The van der Waals surface area contributed by atoms with E-state index >= 15 is 0 Å². The minimum atomic E-state index is -0.931. The van der Waals surface area contributed by atoms with Crippen LogP contribution in [-0.4, -0.2) is 30.4 Å². The van der Waals surface area contributed by atoms with Crippen LogP contribution in [0.15, 0.2) is 30.6 Å². The topological polar surface area (TPSA) is 72.9 Å². The SMILES string of the molecule is CCn1nc(C)cc1Cn1cnc2ccc(C(=O)O)cc21. The van der Waals surface area contributed by atoms with E-state index in [-0.39, 0.29) is 5.56 Å². The van der Waals surface area contributed by atoms with Gasteiger partial charge in [0.05, 0.1) is 40.9 Å². The van der Waals surface area contributed by atoms with Crippen molar-refractivity contribution in [2.24, 2.45) is 0 Å². The van der Waals surface area contributed by atoms with Crippen molar-refractivity contribution in [2.75, 3.05) is 0 Å². The molecule has 3 rings (SSSR count). The van der Waals surface area contributed by atoms with Gasteiger partial charge in [0.15, 0.2) is 0 Å². The molecular formula is C15H16N4O2. The van der Waals surface area contributed by atoms with E-state index in [0.717, 1.165) is 29.0 Å². The van der Waals surface area contributed by atoms with Crippen molar-refractivity contribution < 1.29 is 9.90 Å². The smallest absolute Gasteiger partial charge is 0.335 e. The van der Waals surface area contributed by atoms with Crippen LogP contribution in [0, 0.1) is 6.92 Å². The molecule has 0 saturated heterocycles. The number of imidazole rings is 1. The molecule has 108 valence electrons. The van der Waals surface area contributed by atoms with Crippen molar-refractivity contribution in [1.29, 1.82) is 0 Å². The fourth-order valence-electron chi connectivity index (χ4n) is 2.49. The molecule has 1 N–H and O–H groups in total. The van der Waals surface area contributed by atoms with Crippen LogP contribution in [0.25, 0.3) is 11.0 Å². The first kappa shape index (κ1) is 13.4. The molecule has 0 aliphatic heterocycles. The minimum absolute atomic E-state index is 0.268. The van der Waals surface area contributed by atoms with Gasteiger partial charge in [-0.2, -0.15) is 5.10 Å². The van der Waals surface area contributed by atoms with Crippen molar-refractivity contribution in [1.82, 2.24) is 19.3 Å². The van der Waals surface area contributed by atoms with E-state index in [0.29, 0.717) is 6.54 Å². The molecule has 6 nitrogen and oxygen atoms in total. The second kappa shape index (κ2) is 5.05. The van der Waals surface area contributed by atoms with Crippen LogP contribution >= 0.6 is 0 Å². The number of hydrogen-bond acceptors (Lipinski definition) is 3. The Morgan fingerprint density at radius 2 is 2.14 bits per heavy atom. The molecule has 0 unspecified atom stereocenters. The third-order valence-electron chi connectivity index (χ3n) is 3.49. The predicted octanol–water partition coefficient (Wildman–Crippen LogP) is 2.31. The normalized spacial score (nSPS) is 11.1. The number of hydrogen-bond donors (Lipinski definition) is 1. The van der Waals surface area contributed by atoms with Gasteiger partial charge >= 0.3 is 5.97 Å². The predicted molar refractivity (Wildman–Crippen MR) is 78.4 cm³/mol. The Morgan fingerprint density at radius 1 is 1.33 bits per heavy atom. The summed E-state index contributed by atoms with van der Waals surface area (Å²) in [7, 11) is 0. The second-order valence-electron chi connectivity index (χ2n) is 4.97. The summed E-state index contributed by atoms with van der Waals surface area (Å²) in [6.07, 6.45) is 1.73. The molecule has 1 aromatic carbocycles. The lowest BCUT2D eigenvalue weighted by molar-refractivity contribution is 0.0697. The number of carbonyl (C=O) groups is 1. The molecule has 2 heterocycles. The summed E-state index contributed by atoms with van der Waals surface area (Å²) in [6.45, 7) is 5.43. The van der Waals surface area contributed by atoms with Gasteiger partial charge in [0, 0.05) is 6.54 Å². The Bertz CT molecular complexity index is 816. The summed E-state index contributed by atoms with van der Waals surface area (Å²) in [5.74, 6) is -0.931. The van der Waals surface area contributed by atoms with E-state index in [4.69, 9.17) is 5.11 Å². The fourth-order valence-corrected chi connectivity index (χ4v) is 2.49. The molecule has 0 radical (unpaired) electrons. The van der Waals surface area contributed by atoms with Gasteiger partial charge in [-0.3, -0.25) is 4.68 Å². The summed E-state index contributed by atoms with van der Waals surface area (Å²) in [4.78, 5) is 15.4. The third kappa shape index (κ3) is 2.40. The number of carboxylic acid groups (broad SMARTS) is 1. The number of nitrogens with zero attached hydrogens (tertiary/aromatic N) is 4. The first-order chi connectivity index (χ1) is 10.1. The lowest BCUT2D eigenvalue weighted by Gasteiger charge is -2.07. The molecule has 0 amide bonds. The van der Waals surface area contributed by atoms with Crippen LogP contribution in [0.4, 0.5) is 0 Å². The van der Waals surface area contributed by atoms with E-state index in [1.807, 2.05) is 29.2 Å². The van der Waals surface area contributed by atoms with E-state index in [2.05, 4.69) is 10.1 Å². The third-order valence-corrected chi connectivity index (χ3v) is 3.49. The van der Waals surface area contributed by atoms with E-state index in [1.54, 1.807) is 24.5 Å². The maximum atomic E-state index is 11.1. The number of rotatable bonds is 4. The van der Waals surface area contributed by atoms with Gasteiger partial charge < -0.3 is 9.67 Å². The fraction of sp³-hybridized carbons (Fsp3) is 0.267. The largest absolute Gasteiger partial charge is 0.478 e. The highest BCUT2D eigenvalue weighted by atomic mass is 16.4. The Balaban J connectivity index is 2.03. The molecule has 0 aliphatic rings. The highest BCUT2D eigenvalue weighted by Crippen LogP contribution is 2.17. The Kier molecular flexibility index (Phi) is 3.21. The van der Waals surface area contributed by atoms with Crippen molar-refractivity contribution in [3.8, 4) is 0 Å². The quantitative estimate of drug-likeness (QED) is 0.798. The van der Waals surface area contributed by atoms with Gasteiger partial charge in [0.1, 0.15) is 0 Å². The van der Waals surface area contributed by atoms with Gasteiger partial charge in [-0.05, 0) is 38.1 Å². The monoisotopic (exact) mass is 284 g/mol. The number of benzene rings is 1. The second-order valence-corrected chi connectivity index (χ2v) is 4.97. The zero-order valence-corrected chi connectivity index (χ0v) is 11.9. The molecule has 0 saturated carbocycles. The van der Waals surface area contributed by atoms with Crippen LogP contribution in [0.2, 0.25) is 0 Å². The van der Waals surface area contributed by atoms with Crippen molar-refractivity contribution >= 4 is 17.0 Å². The molecule has 21 heavy (non-hydrogen) atoms. The van der Waals surface area contributed by atoms with Gasteiger partial charge in [0.2, 0.25) is 0 Å². The molecule has 3 aromatic rings. The van der Waals surface area contributed by atoms with Crippen LogP contribution in [0.5, 0.6) is 0 Å². The van der Waals surface area contributed by atoms with E-state index in [1.165, 1.54) is 0 Å². The van der Waals surface area contributed by atoms with Crippen molar-refractivity contribution in [3.05, 3.63) is 47.5 Å². The number of fused-ring (bicyclic) bond motifs is 1. The van der Waals surface area contributed by atoms with Crippen LogP contribution < -0.4 is 0 Å². The molecule has 6 heteroatoms. The lowest BCUT2D eigenvalue weighted by Crippen LogP contribution is -2.07. The van der Waals surface area contributed by atoms with E-state index < -0.39 is 5.97 Å². The number of aromatic carboxylic acids is 1. The van der Waals surface area contributed by atoms with E-state index in [9.17, 15) is 4.79 Å². The average Bonchev–Trinajstić information content (AvgIpc) is 3.02. The zero-order valence-electron chi connectivity index (χ0n) is 11.9. The molecule has 0 atom stereocenters. The molecular weight excluding hydrogens is 268 g/mol. The maximum absolute atomic E-state index is 11.1.